The third kappa shape index (κ3) is 4.26. The van der Waals surface area contributed by atoms with Gasteiger partial charge in [0.2, 0.25) is 5.91 Å². The minimum atomic E-state index is 0. The minimum absolute atomic E-state index is 0. The normalized spacial score (nSPS) is 21.9. The van der Waals surface area contributed by atoms with Crippen molar-refractivity contribution in [2.75, 3.05) is 18.4 Å². The summed E-state index contributed by atoms with van der Waals surface area (Å²) in [5, 5.41) is 7.57. The first-order valence-corrected chi connectivity index (χ1v) is 10.7. The van der Waals surface area contributed by atoms with E-state index in [9.17, 15) is 4.79 Å². The van der Waals surface area contributed by atoms with Gasteiger partial charge < -0.3 is 10.2 Å². The molecule has 3 aliphatic rings. The highest BCUT2D eigenvalue weighted by Gasteiger charge is 2.37. The number of fused-ring (bicyclic) bond motifs is 2. The Morgan fingerprint density at radius 2 is 2.17 bits per heavy atom. The number of likely N-dealkylation sites (tertiary alicyclic amines) is 1. The zero-order valence-electron chi connectivity index (χ0n) is 15.7. The van der Waals surface area contributed by atoms with Crippen molar-refractivity contribution in [3.63, 3.8) is 0 Å². The van der Waals surface area contributed by atoms with Crippen molar-refractivity contribution >= 4 is 34.7 Å². The van der Waals surface area contributed by atoms with Crippen LogP contribution < -0.4 is 5.32 Å². The van der Waals surface area contributed by atoms with Crippen molar-refractivity contribution in [3.8, 4) is 0 Å². The lowest BCUT2D eigenvalue weighted by molar-refractivity contribution is -0.125. The topological polar surface area (TPSA) is 45.2 Å². The zero-order valence-corrected chi connectivity index (χ0v) is 16.5. The molecule has 0 unspecified atom stereocenters. The van der Waals surface area contributed by atoms with Crippen LogP contribution in [0.5, 0.6) is 0 Å². The van der Waals surface area contributed by atoms with Crippen LogP contribution in [0, 0.1) is 11.8 Å². The first kappa shape index (κ1) is 22.0. The Morgan fingerprint density at radius 1 is 1.30 bits per heavy atom. The number of thiophene rings is 1. The number of carbonyl (C=O) groups excluding carboxylic acids is 1. The van der Waals surface area contributed by atoms with Crippen molar-refractivity contribution in [1.82, 2.24) is 9.88 Å². The lowest BCUT2D eigenvalue weighted by atomic mass is 9.99. The number of rotatable bonds is 3. The summed E-state index contributed by atoms with van der Waals surface area (Å²) in [4.78, 5) is 19.1. The summed E-state index contributed by atoms with van der Waals surface area (Å²) >= 11 is 1.75. The Kier molecular flexibility index (Phi) is 6.61. The maximum atomic E-state index is 12.7. The number of pyridine rings is 1. The Labute approximate surface area is 184 Å². The second-order valence-electron chi connectivity index (χ2n) is 7.91. The molecule has 30 heavy (non-hydrogen) atoms. The van der Waals surface area contributed by atoms with E-state index in [0.29, 0.717) is 11.8 Å². The van der Waals surface area contributed by atoms with E-state index in [0.717, 1.165) is 49.4 Å². The van der Waals surface area contributed by atoms with Gasteiger partial charge in [0.25, 0.3) is 0 Å². The van der Waals surface area contributed by atoms with Crippen LogP contribution in [-0.2, 0) is 11.2 Å². The van der Waals surface area contributed by atoms with Gasteiger partial charge in [0.05, 0.1) is 0 Å². The number of hydrogen-bond donors (Lipinski definition) is 1. The van der Waals surface area contributed by atoms with Crippen LogP contribution in [0.15, 0.2) is 53.5 Å². The van der Waals surface area contributed by atoms with E-state index >= 15 is 0 Å². The number of hydrogen-bond acceptors (Lipinski definition) is 4. The average Bonchev–Trinajstić information content (AvgIpc) is 3.41. The van der Waals surface area contributed by atoms with Crippen molar-refractivity contribution in [2.45, 2.75) is 34.1 Å². The van der Waals surface area contributed by atoms with E-state index in [1.54, 1.807) is 17.4 Å². The molecule has 1 saturated heterocycles. The molecule has 0 saturated carbocycles. The van der Waals surface area contributed by atoms with Gasteiger partial charge in [0, 0.05) is 31.1 Å². The third-order valence-corrected chi connectivity index (χ3v) is 6.67. The van der Waals surface area contributed by atoms with Gasteiger partial charge in [0.1, 0.15) is 5.82 Å². The number of aromatic nitrogens is 1. The van der Waals surface area contributed by atoms with E-state index in [-0.39, 0.29) is 20.8 Å². The molecule has 1 fully saturated rings. The van der Waals surface area contributed by atoms with Crippen molar-refractivity contribution in [1.29, 1.82) is 0 Å². The summed E-state index contributed by atoms with van der Waals surface area (Å²) < 4.78 is 0. The fraction of sp³-hybridized carbons (Fsp3) is 0.360. The smallest absolute Gasteiger partial charge is 0.246 e. The third-order valence-electron chi connectivity index (χ3n) is 5.99. The van der Waals surface area contributed by atoms with Crippen LogP contribution in [0.2, 0.25) is 0 Å². The van der Waals surface area contributed by atoms with Crippen molar-refractivity contribution in [3.05, 3.63) is 70.2 Å². The molecule has 2 aromatic heterocycles. The second kappa shape index (κ2) is 9.00. The van der Waals surface area contributed by atoms with E-state index in [1.165, 1.54) is 16.7 Å². The molecule has 2 aliphatic heterocycles. The Balaban J connectivity index is 0.00000128. The molecule has 0 spiro atoms. The Bertz CT molecular complexity index is 990. The van der Waals surface area contributed by atoms with E-state index < -0.39 is 0 Å². The number of aryl methyl sites for hydroxylation is 1. The largest absolute Gasteiger partial charge is 0.344 e. The van der Waals surface area contributed by atoms with Crippen molar-refractivity contribution in [2.24, 2.45) is 11.8 Å². The molecule has 158 valence electrons. The van der Waals surface area contributed by atoms with Crippen LogP contribution in [-0.4, -0.2) is 28.9 Å². The number of amides is 1. The van der Waals surface area contributed by atoms with Crippen LogP contribution in [0.3, 0.4) is 0 Å². The molecule has 0 aromatic carbocycles. The molecular weight excluding hydrogens is 390 g/mol. The van der Waals surface area contributed by atoms with Gasteiger partial charge in [-0.05, 0) is 82.3 Å². The standard InChI is InChI=1S/C23H23N3OS.2CH4/c1-15-2-4-17-8-16(11-24-23(17)25-15)3-5-22(27)26-12-20-9-19(10-21(20)13-26)18-6-7-28-14-18;;/h3,5-9,11,14,20-21H,1-2,4,10,12-13H2,(H,24,25);2*1H4/b5-3+;;/t20-,21+;;/m0../s1. The second-order valence-corrected chi connectivity index (χ2v) is 8.69. The lowest BCUT2D eigenvalue weighted by Crippen LogP contribution is -2.27. The molecular formula is C25H31N3OS. The molecule has 1 N–H and O–H groups in total. The summed E-state index contributed by atoms with van der Waals surface area (Å²) in [7, 11) is 0. The fourth-order valence-electron chi connectivity index (χ4n) is 4.46. The quantitative estimate of drug-likeness (QED) is 0.631. The van der Waals surface area contributed by atoms with Crippen molar-refractivity contribution < 1.29 is 4.79 Å². The molecule has 2 aromatic rings. The van der Waals surface area contributed by atoms with Crippen LogP contribution in [0.4, 0.5) is 5.82 Å². The predicted octanol–water partition coefficient (Wildman–Crippen LogP) is 5.86. The van der Waals surface area contributed by atoms with E-state index in [2.05, 4.69) is 45.8 Å². The van der Waals surface area contributed by atoms with Crippen LogP contribution >= 0.6 is 11.3 Å². The molecule has 0 bridgehead atoms. The average molecular weight is 422 g/mol. The van der Waals surface area contributed by atoms with Gasteiger partial charge in [-0.3, -0.25) is 4.79 Å². The maximum absolute atomic E-state index is 12.7. The summed E-state index contributed by atoms with van der Waals surface area (Å²) in [6.45, 7) is 5.65. The highest BCUT2D eigenvalue weighted by molar-refractivity contribution is 7.08. The summed E-state index contributed by atoms with van der Waals surface area (Å²) in [5.74, 6) is 2.05. The highest BCUT2D eigenvalue weighted by Crippen LogP contribution is 2.41. The monoisotopic (exact) mass is 421 g/mol. The minimum Gasteiger partial charge on any atom is -0.344 e. The first-order chi connectivity index (χ1) is 13.7. The molecule has 1 aliphatic carbocycles. The zero-order chi connectivity index (χ0) is 19.1. The molecule has 4 nitrogen and oxygen atoms in total. The Hall–Kier alpha value is -2.66. The van der Waals surface area contributed by atoms with Gasteiger partial charge in [-0.1, -0.05) is 27.5 Å². The van der Waals surface area contributed by atoms with Gasteiger partial charge >= 0.3 is 0 Å². The van der Waals surface area contributed by atoms with E-state index in [1.807, 2.05) is 17.2 Å². The number of nitrogens with one attached hydrogen (secondary N) is 1. The summed E-state index contributed by atoms with van der Waals surface area (Å²) in [6.07, 6.45) is 10.7. The number of anilines is 1. The van der Waals surface area contributed by atoms with E-state index in [4.69, 9.17) is 0 Å². The molecule has 5 heteroatoms. The number of allylic oxidation sites excluding steroid dienone is 2. The molecule has 1 amide bonds. The fourth-order valence-corrected chi connectivity index (χ4v) is 5.14. The van der Waals surface area contributed by atoms with Gasteiger partial charge in [0.15, 0.2) is 0 Å². The summed E-state index contributed by atoms with van der Waals surface area (Å²) in [6, 6.07) is 4.31. The Morgan fingerprint density at radius 3 is 2.93 bits per heavy atom. The molecule has 2 atom stereocenters. The molecule has 4 heterocycles. The first-order valence-electron chi connectivity index (χ1n) is 9.80. The molecule has 0 radical (unpaired) electrons. The molecule has 5 rings (SSSR count). The van der Waals surface area contributed by atoms with Crippen LogP contribution in [0.25, 0.3) is 11.6 Å². The lowest BCUT2D eigenvalue weighted by Gasteiger charge is -2.19. The maximum Gasteiger partial charge on any atom is 0.246 e. The number of nitrogens with zero attached hydrogens (tertiary/aromatic N) is 2. The number of carbonyl (C=O) groups is 1. The van der Waals surface area contributed by atoms with Gasteiger partial charge in [-0.2, -0.15) is 11.3 Å². The predicted molar refractivity (Wildman–Crippen MR) is 128 cm³/mol. The van der Waals surface area contributed by atoms with Crippen LogP contribution in [0.1, 0.15) is 44.4 Å². The van der Waals surface area contributed by atoms with Gasteiger partial charge in [-0.15, -0.1) is 0 Å². The van der Waals surface area contributed by atoms with Gasteiger partial charge in [-0.25, -0.2) is 4.98 Å². The summed E-state index contributed by atoms with van der Waals surface area (Å²) in [5.41, 5.74) is 5.98. The highest BCUT2D eigenvalue weighted by atomic mass is 32.1. The SMILES string of the molecule is C.C.C=C1CCc2cc(/C=C/C(=O)N3C[C@H]4CC(c5ccsc5)=C[C@H]4C3)cnc2N1.